The molecule has 0 spiro atoms. The first kappa shape index (κ1) is 17.6. The van der Waals surface area contributed by atoms with Crippen LogP contribution in [0.15, 0.2) is 48.5 Å². The molecular formula is C21H26N2O2. The van der Waals surface area contributed by atoms with Gasteiger partial charge < -0.3 is 10.4 Å². The van der Waals surface area contributed by atoms with Crippen molar-refractivity contribution >= 4 is 11.6 Å². The van der Waals surface area contributed by atoms with Gasteiger partial charge in [0.1, 0.15) is 0 Å². The quantitative estimate of drug-likeness (QED) is 0.878. The molecule has 0 radical (unpaired) electrons. The Morgan fingerprint density at radius 3 is 2.52 bits per heavy atom. The number of nitrogens with zero attached hydrogens (tertiary/aromatic N) is 1. The van der Waals surface area contributed by atoms with E-state index in [2.05, 4.69) is 10.2 Å². The summed E-state index contributed by atoms with van der Waals surface area (Å²) in [6.07, 6.45) is 2.13. The highest BCUT2D eigenvalue weighted by Gasteiger charge is 2.18. The monoisotopic (exact) mass is 338 g/mol. The number of aliphatic hydroxyl groups is 1. The molecule has 1 aliphatic rings. The number of hydrogen-bond acceptors (Lipinski definition) is 3. The van der Waals surface area contributed by atoms with Gasteiger partial charge in [0.25, 0.3) is 5.91 Å². The molecule has 0 saturated carbocycles. The number of nitrogens with one attached hydrogen (secondary N) is 1. The Morgan fingerprint density at radius 2 is 1.88 bits per heavy atom. The van der Waals surface area contributed by atoms with Crippen molar-refractivity contribution in [1.29, 1.82) is 0 Å². The smallest absolute Gasteiger partial charge is 0.255 e. The van der Waals surface area contributed by atoms with Crippen LogP contribution in [-0.2, 0) is 6.54 Å². The zero-order valence-corrected chi connectivity index (χ0v) is 14.7. The molecule has 1 aliphatic heterocycles. The lowest BCUT2D eigenvalue weighted by Crippen LogP contribution is -2.34. The second kappa shape index (κ2) is 8.28. The molecule has 0 unspecified atom stereocenters. The minimum Gasteiger partial charge on any atom is -0.396 e. The zero-order valence-electron chi connectivity index (χ0n) is 14.7. The van der Waals surface area contributed by atoms with Crippen LogP contribution in [0, 0.1) is 12.8 Å². The SMILES string of the molecule is Cc1cccc(NC(=O)c2ccc(CN3CCC(CO)CC3)cc2)c1. The second-order valence-electron chi connectivity index (χ2n) is 6.92. The summed E-state index contributed by atoms with van der Waals surface area (Å²) in [4.78, 5) is 14.8. The Kier molecular flexibility index (Phi) is 5.84. The number of benzene rings is 2. The number of carbonyl (C=O) groups is 1. The molecule has 1 amide bonds. The minimum absolute atomic E-state index is 0.0825. The number of hydrogen-bond donors (Lipinski definition) is 2. The van der Waals surface area contributed by atoms with E-state index >= 15 is 0 Å². The van der Waals surface area contributed by atoms with Crippen molar-refractivity contribution in [3.05, 3.63) is 65.2 Å². The second-order valence-corrected chi connectivity index (χ2v) is 6.92. The average molecular weight is 338 g/mol. The van der Waals surface area contributed by atoms with E-state index in [-0.39, 0.29) is 5.91 Å². The van der Waals surface area contributed by atoms with Gasteiger partial charge in [-0.15, -0.1) is 0 Å². The van der Waals surface area contributed by atoms with Crippen LogP contribution in [0.25, 0.3) is 0 Å². The molecule has 4 nitrogen and oxygen atoms in total. The van der Waals surface area contributed by atoms with Crippen LogP contribution >= 0.6 is 0 Å². The number of carbonyl (C=O) groups excluding carboxylic acids is 1. The summed E-state index contributed by atoms with van der Waals surface area (Å²) in [5.74, 6) is 0.379. The predicted octanol–water partition coefficient (Wildman–Crippen LogP) is 3.45. The molecule has 132 valence electrons. The molecular weight excluding hydrogens is 312 g/mol. The third-order valence-electron chi connectivity index (χ3n) is 4.86. The molecule has 2 N–H and O–H groups in total. The summed E-state index contributed by atoms with van der Waals surface area (Å²) < 4.78 is 0. The number of piperidine rings is 1. The van der Waals surface area contributed by atoms with Gasteiger partial charge in [0.2, 0.25) is 0 Å². The molecule has 2 aromatic carbocycles. The maximum Gasteiger partial charge on any atom is 0.255 e. The number of likely N-dealkylation sites (tertiary alicyclic amines) is 1. The van der Waals surface area contributed by atoms with E-state index in [9.17, 15) is 9.90 Å². The van der Waals surface area contributed by atoms with Gasteiger partial charge in [0.05, 0.1) is 0 Å². The lowest BCUT2D eigenvalue weighted by Gasteiger charge is -2.31. The van der Waals surface area contributed by atoms with E-state index in [1.165, 1.54) is 5.56 Å². The Morgan fingerprint density at radius 1 is 1.16 bits per heavy atom. The van der Waals surface area contributed by atoms with E-state index in [0.717, 1.165) is 43.7 Å². The van der Waals surface area contributed by atoms with Crippen LogP contribution in [0.4, 0.5) is 5.69 Å². The first-order chi connectivity index (χ1) is 12.1. The van der Waals surface area contributed by atoms with Gasteiger partial charge in [-0.05, 0) is 74.2 Å². The Bertz CT molecular complexity index is 704. The van der Waals surface area contributed by atoms with Gasteiger partial charge in [-0.1, -0.05) is 24.3 Å². The third-order valence-corrected chi connectivity index (χ3v) is 4.86. The van der Waals surface area contributed by atoms with Gasteiger partial charge >= 0.3 is 0 Å². The molecule has 3 rings (SSSR count). The number of rotatable bonds is 5. The normalized spacial score (nSPS) is 15.9. The minimum atomic E-state index is -0.0825. The summed E-state index contributed by atoms with van der Waals surface area (Å²) in [5, 5.41) is 12.2. The number of aliphatic hydroxyl groups excluding tert-OH is 1. The summed E-state index contributed by atoms with van der Waals surface area (Å²) >= 11 is 0. The number of anilines is 1. The van der Waals surface area contributed by atoms with Crippen molar-refractivity contribution in [2.24, 2.45) is 5.92 Å². The van der Waals surface area contributed by atoms with Crippen molar-refractivity contribution in [3.63, 3.8) is 0 Å². The highest BCUT2D eigenvalue weighted by atomic mass is 16.3. The van der Waals surface area contributed by atoms with Crippen molar-refractivity contribution in [2.45, 2.75) is 26.3 Å². The summed E-state index contributed by atoms with van der Waals surface area (Å²) in [6.45, 7) is 5.27. The van der Waals surface area contributed by atoms with Crippen LogP contribution in [0.2, 0.25) is 0 Å². The van der Waals surface area contributed by atoms with E-state index < -0.39 is 0 Å². The van der Waals surface area contributed by atoms with Crippen LogP contribution < -0.4 is 5.32 Å². The lowest BCUT2D eigenvalue weighted by molar-refractivity contribution is 0.102. The van der Waals surface area contributed by atoms with Crippen molar-refractivity contribution in [1.82, 2.24) is 4.90 Å². The van der Waals surface area contributed by atoms with Crippen LogP contribution in [0.1, 0.15) is 34.3 Å². The fourth-order valence-corrected chi connectivity index (χ4v) is 3.27. The maximum atomic E-state index is 12.4. The van der Waals surface area contributed by atoms with E-state index in [0.29, 0.717) is 18.1 Å². The zero-order chi connectivity index (χ0) is 17.6. The summed E-state index contributed by atoms with van der Waals surface area (Å²) in [7, 11) is 0. The van der Waals surface area contributed by atoms with Crippen LogP contribution in [0.3, 0.4) is 0 Å². The number of amides is 1. The van der Waals surface area contributed by atoms with E-state index in [1.807, 2.05) is 55.5 Å². The Balaban J connectivity index is 1.55. The lowest BCUT2D eigenvalue weighted by atomic mass is 9.97. The van der Waals surface area contributed by atoms with Crippen LogP contribution in [-0.4, -0.2) is 35.6 Å². The van der Waals surface area contributed by atoms with E-state index in [1.54, 1.807) is 0 Å². The molecule has 25 heavy (non-hydrogen) atoms. The van der Waals surface area contributed by atoms with Crippen molar-refractivity contribution in [2.75, 3.05) is 25.0 Å². The fourth-order valence-electron chi connectivity index (χ4n) is 3.27. The predicted molar refractivity (Wildman–Crippen MR) is 101 cm³/mol. The topological polar surface area (TPSA) is 52.6 Å². The van der Waals surface area contributed by atoms with E-state index in [4.69, 9.17) is 0 Å². The van der Waals surface area contributed by atoms with Gasteiger partial charge in [-0.2, -0.15) is 0 Å². The largest absolute Gasteiger partial charge is 0.396 e. The van der Waals surface area contributed by atoms with Gasteiger partial charge in [0, 0.05) is 24.4 Å². The standard InChI is InChI=1S/C21H26N2O2/c1-16-3-2-4-20(13-16)22-21(25)19-7-5-17(6-8-19)14-23-11-9-18(15-24)10-12-23/h2-8,13,18,24H,9-12,14-15H2,1H3,(H,22,25). The van der Waals surface area contributed by atoms with Gasteiger partial charge in [-0.25, -0.2) is 0 Å². The molecule has 2 aromatic rings. The molecule has 0 atom stereocenters. The molecule has 0 aliphatic carbocycles. The van der Waals surface area contributed by atoms with Crippen molar-refractivity contribution in [3.8, 4) is 0 Å². The molecule has 1 saturated heterocycles. The maximum absolute atomic E-state index is 12.4. The molecule has 0 aromatic heterocycles. The average Bonchev–Trinajstić information content (AvgIpc) is 2.63. The Labute approximate surface area is 149 Å². The number of aryl methyl sites for hydroxylation is 1. The third kappa shape index (κ3) is 4.91. The summed E-state index contributed by atoms with van der Waals surface area (Å²) in [5.41, 5.74) is 3.83. The van der Waals surface area contributed by atoms with Gasteiger partial charge in [-0.3, -0.25) is 9.69 Å². The fraction of sp³-hybridized carbons (Fsp3) is 0.381. The highest BCUT2D eigenvalue weighted by Crippen LogP contribution is 2.19. The molecule has 0 bridgehead atoms. The van der Waals surface area contributed by atoms with Crippen molar-refractivity contribution < 1.29 is 9.90 Å². The van der Waals surface area contributed by atoms with Crippen LogP contribution in [0.5, 0.6) is 0 Å². The first-order valence-electron chi connectivity index (χ1n) is 8.94. The Hall–Kier alpha value is -2.17. The molecule has 1 heterocycles. The molecule has 4 heteroatoms. The van der Waals surface area contributed by atoms with Gasteiger partial charge in [0.15, 0.2) is 0 Å². The molecule has 1 fully saturated rings. The first-order valence-corrected chi connectivity index (χ1v) is 8.94. The highest BCUT2D eigenvalue weighted by molar-refractivity contribution is 6.04. The summed E-state index contributed by atoms with van der Waals surface area (Å²) in [6, 6.07) is 15.6.